The van der Waals surface area contributed by atoms with Gasteiger partial charge in [0.1, 0.15) is 11.5 Å². The molecule has 0 aromatic heterocycles. The lowest BCUT2D eigenvalue weighted by Gasteiger charge is -2.45. The molecular formula is C43H60O9. The van der Waals surface area contributed by atoms with Crippen molar-refractivity contribution < 1.29 is 43.7 Å². The Bertz CT molecular complexity index is 1560. The fourth-order valence-electron chi connectivity index (χ4n) is 8.18. The van der Waals surface area contributed by atoms with Crippen molar-refractivity contribution in [3.8, 4) is 11.5 Å². The topological polar surface area (TPSA) is 116 Å². The van der Waals surface area contributed by atoms with Crippen LogP contribution in [0.1, 0.15) is 68.0 Å². The maximum Gasteiger partial charge on any atom is 0.126 e. The lowest BCUT2D eigenvalue weighted by Crippen LogP contribution is -2.42. The Morgan fingerprint density at radius 2 is 1.12 bits per heavy atom. The zero-order valence-electron chi connectivity index (χ0n) is 33.0. The molecule has 0 radical (unpaired) electrons. The minimum Gasteiger partial charge on any atom is -0.507 e. The molecule has 3 N–H and O–H groups in total. The zero-order chi connectivity index (χ0) is 38.4. The third-order valence-electron chi connectivity index (χ3n) is 11.1. The van der Waals surface area contributed by atoms with Crippen LogP contribution in [-0.4, -0.2) is 77.3 Å². The summed E-state index contributed by atoms with van der Waals surface area (Å²) in [6.45, 7) is 12.6. The highest BCUT2D eigenvalue weighted by Crippen LogP contribution is 2.51. The summed E-state index contributed by atoms with van der Waals surface area (Å²) in [7, 11) is 9.75. The van der Waals surface area contributed by atoms with Crippen molar-refractivity contribution >= 4 is 0 Å². The first kappa shape index (κ1) is 41.5. The summed E-state index contributed by atoms with van der Waals surface area (Å²) >= 11 is 0. The van der Waals surface area contributed by atoms with Crippen molar-refractivity contribution in [2.75, 3.05) is 55.9 Å². The van der Waals surface area contributed by atoms with Crippen LogP contribution >= 0.6 is 0 Å². The minimum absolute atomic E-state index is 0.0954. The average molecular weight is 721 g/mol. The Kier molecular flexibility index (Phi) is 13.8. The summed E-state index contributed by atoms with van der Waals surface area (Å²) in [5.41, 5.74) is 5.84. The van der Waals surface area contributed by atoms with E-state index in [9.17, 15) is 15.3 Å². The van der Waals surface area contributed by atoms with Gasteiger partial charge in [0.25, 0.3) is 0 Å². The van der Waals surface area contributed by atoms with Crippen LogP contribution in [-0.2, 0) is 60.3 Å². The monoisotopic (exact) mass is 720 g/mol. The Balaban J connectivity index is 1.93. The Morgan fingerprint density at radius 3 is 1.50 bits per heavy atom. The van der Waals surface area contributed by atoms with E-state index < -0.39 is 16.9 Å². The third-order valence-corrected chi connectivity index (χ3v) is 11.1. The Morgan fingerprint density at radius 1 is 0.673 bits per heavy atom. The predicted octanol–water partition coefficient (Wildman–Crippen LogP) is 7.29. The van der Waals surface area contributed by atoms with E-state index >= 15 is 0 Å². The van der Waals surface area contributed by atoms with Crippen LogP contribution in [0.15, 0.2) is 71.4 Å². The van der Waals surface area contributed by atoms with E-state index in [0.29, 0.717) is 35.5 Å². The molecule has 9 nitrogen and oxygen atoms in total. The van der Waals surface area contributed by atoms with Crippen LogP contribution in [0.4, 0.5) is 0 Å². The predicted molar refractivity (Wildman–Crippen MR) is 203 cm³/mol. The number of benzene rings is 2. The molecular weight excluding hydrogens is 660 g/mol. The molecule has 0 saturated heterocycles. The molecule has 9 heteroatoms. The summed E-state index contributed by atoms with van der Waals surface area (Å²) in [6, 6.07) is 8.01. The molecule has 4 atom stereocenters. The maximum absolute atomic E-state index is 11.3. The molecule has 0 fully saturated rings. The van der Waals surface area contributed by atoms with Crippen molar-refractivity contribution in [3.63, 3.8) is 0 Å². The zero-order valence-corrected chi connectivity index (χ0v) is 33.0. The summed E-state index contributed by atoms with van der Waals surface area (Å²) in [5.74, 6) is 0.500. The SMILES string of the molecule is COCC1=CC(C(C)(C)C2C=CC(C(C)(c3cc(COC)c(O)c(COC)c3)c3cc(COC)c(O)c(COC)c3)=CC2C)=CC(C)(COC)C1O. The highest BCUT2D eigenvalue weighted by molar-refractivity contribution is 5.59. The molecule has 4 rings (SSSR count). The van der Waals surface area contributed by atoms with Gasteiger partial charge < -0.3 is 43.7 Å². The lowest BCUT2D eigenvalue weighted by atomic mass is 9.60. The number of allylic oxidation sites excluding steroid dienone is 6. The van der Waals surface area contributed by atoms with Crippen molar-refractivity contribution in [1.82, 2.24) is 0 Å². The molecule has 0 aliphatic heterocycles. The molecule has 2 aromatic carbocycles. The molecule has 0 saturated carbocycles. The van der Waals surface area contributed by atoms with Crippen molar-refractivity contribution in [3.05, 3.63) is 105 Å². The van der Waals surface area contributed by atoms with E-state index in [1.165, 1.54) is 0 Å². The lowest BCUT2D eigenvalue weighted by molar-refractivity contribution is 0.0197. The Labute approximate surface area is 310 Å². The van der Waals surface area contributed by atoms with Gasteiger partial charge in [-0.2, -0.15) is 0 Å². The van der Waals surface area contributed by atoms with Gasteiger partial charge in [-0.1, -0.05) is 58.1 Å². The van der Waals surface area contributed by atoms with Crippen LogP contribution in [0.3, 0.4) is 0 Å². The van der Waals surface area contributed by atoms with E-state index in [4.69, 9.17) is 28.4 Å². The summed E-state index contributed by atoms with van der Waals surface area (Å²) in [6.07, 6.45) is 10.4. The van der Waals surface area contributed by atoms with Crippen LogP contribution in [0.25, 0.3) is 0 Å². The van der Waals surface area contributed by atoms with E-state index in [-0.39, 0.29) is 55.2 Å². The van der Waals surface area contributed by atoms with Gasteiger partial charge in [0, 0.05) is 75.7 Å². The first-order valence-electron chi connectivity index (χ1n) is 17.8. The van der Waals surface area contributed by atoms with Gasteiger partial charge in [-0.15, -0.1) is 0 Å². The van der Waals surface area contributed by atoms with Crippen LogP contribution in [0.5, 0.6) is 11.5 Å². The number of rotatable bonds is 17. The first-order valence-corrected chi connectivity index (χ1v) is 17.8. The van der Waals surface area contributed by atoms with E-state index in [1.807, 2.05) is 31.2 Å². The van der Waals surface area contributed by atoms with E-state index in [2.05, 4.69) is 58.1 Å². The number of phenolic OH excluding ortho intramolecular Hbond substituents is 2. The number of methoxy groups -OCH3 is 6. The van der Waals surface area contributed by atoms with Gasteiger partial charge in [0.2, 0.25) is 0 Å². The van der Waals surface area contributed by atoms with E-state index in [1.54, 1.807) is 42.7 Å². The number of aliphatic hydroxyl groups excluding tert-OH is 1. The van der Waals surface area contributed by atoms with Gasteiger partial charge in [0.05, 0.1) is 45.7 Å². The molecule has 0 amide bonds. The van der Waals surface area contributed by atoms with Gasteiger partial charge in [0.15, 0.2) is 0 Å². The molecule has 2 aromatic rings. The first-order chi connectivity index (χ1) is 24.7. The average Bonchev–Trinajstić information content (AvgIpc) is 3.10. The second kappa shape index (κ2) is 17.2. The van der Waals surface area contributed by atoms with Crippen LogP contribution < -0.4 is 0 Å². The van der Waals surface area contributed by atoms with Crippen LogP contribution in [0.2, 0.25) is 0 Å². The number of phenols is 2. The normalized spacial score (nSPS) is 22.3. The number of aromatic hydroxyl groups is 2. The molecule has 2 aliphatic rings. The number of hydrogen-bond donors (Lipinski definition) is 3. The molecule has 0 spiro atoms. The molecule has 286 valence electrons. The van der Waals surface area contributed by atoms with Crippen molar-refractivity contribution in [2.24, 2.45) is 22.7 Å². The third kappa shape index (κ3) is 8.11. The second-order valence-electron chi connectivity index (χ2n) is 15.3. The van der Waals surface area contributed by atoms with Crippen LogP contribution in [0, 0.1) is 22.7 Å². The van der Waals surface area contributed by atoms with Gasteiger partial charge in [-0.25, -0.2) is 0 Å². The van der Waals surface area contributed by atoms with Gasteiger partial charge in [-0.05, 0) is 76.3 Å². The molecule has 52 heavy (non-hydrogen) atoms. The fourth-order valence-corrected chi connectivity index (χ4v) is 8.18. The van der Waals surface area contributed by atoms with Crippen molar-refractivity contribution in [2.45, 2.75) is 72.6 Å². The fraction of sp³-hybridized carbons (Fsp3) is 0.535. The summed E-state index contributed by atoms with van der Waals surface area (Å²) in [4.78, 5) is 0. The quantitative estimate of drug-likeness (QED) is 0.155. The smallest absolute Gasteiger partial charge is 0.126 e. The van der Waals surface area contributed by atoms with E-state index in [0.717, 1.165) is 27.8 Å². The molecule has 0 bridgehead atoms. The largest absolute Gasteiger partial charge is 0.507 e. The molecule has 2 aliphatic carbocycles. The standard InChI is InChI=1S/C43H60O9/c1-27-14-33(12-13-37(27)41(2,3)36-19-32(25-51-10)40(46)42(4,20-36)26-52-11)43(5,34-15-28(21-47-6)38(44)29(16-34)22-48-7)35-17-30(23-49-8)39(45)31(18-35)24-50-9/h12-20,27,37,40,44-46H,21-26H2,1-11H3. The van der Waals surface area contributed by atoms with Crippen molar-refractivity contribution in [1.29, 1.82) is 0 Å². The molecule has 0 heterocycles. The van der Waals surface area contributed by atoms with Gasteiger partial charge in [-0.3, -0.25) is 0 Å². The highest BCUT2D eigenvalue weighted by atomic mass is 16.5. The second-order valence-corrected chi connectivity index (χ2v) is 15.3. The number of hydrogen-bond acceptors (Lipinski definition) is 9. The minimum atomic E-state index is -0.756. The highest BCUT2D eigenvalue weighted by Gasteiger charge is 2.44. The number of ether oxygens (including phenoxy) is 6. The van der Waals surface area contributed by atoms with Gasteiger partial charge >= 0.3 is 0 Å². The molecule has 4 unspecified atom stereocenters. The number of aliphatic hydroxyl groups is 1. The summed E-state index contributed by atoms with van der Waals surface area (Å²) < 4.78 is 33.2. The summed E-state index contributed by atoms with van der Waals surface area (Å²) in [5, 5.41) is 33.8. The Hall–Kier alpha value is -3.28. The maximum atomic E-state index is 11.3.